The second kappa shape index (κ2) is 5.51. The number of aliphatic carboxylic acids is 1. The number of ether oxygens (including phenoxy) is 1. The van der Waals surface area contributed by atoms with Crippen LogP contribution in [0.15, 0.2) is 18.2 Å². The van der Waals surface area contributed by atoms with Gasteiger partial charge in [-0.05, 0) is 37.6 Å². The van der Waals surface area contributed by atoms with Crippen LogP contribution in [0.5, 0.6) is 5.75 Å². The van der Waals surface area contributed by atoms with Crippen molar-refractivity contribution in [1.82, 2.24) is 0 Å². The van der Waals surface area contributed by atoms with E-state index in [1.165, 1.54) is 0 Å². The number of carboxylic acids is 1. The van der Waals surface area contributed by atoms with Crippen LogP contribution in [0.4, 0.5) is 0 Å². The Hall–Kier alpha value is -1.55. The summed E-state index contributed by atoms with van der Waals surface area (Å²) in [5.74, 6) is -0.368. The molecule has 0 aromatic heterocycles. The molecule has 3 N–H and O–H groups in total. The highest BCUT2D eigenvalue weighted by Gasteiger charge is 2.19. The smallest absolute Gasteiger partial charge is 0.344 e. The summed E-state index contributed by atoms with van der Waals surface area (Å²) in [6.07, 6.45) is -0.562. The van der Waals surface area contributed by atoms with Crippen molar-refractivity contribution in [3.8, 4) is 5.75 Å². The van der Waals surface area contributed by atoms with E-state index in [0.717, 1.165) is 11.1 Å². The van der Waals surface area contributed by atoms with Gasteiger partial charge >= 0.3 is 5.97 Å². The van der Waals surface area contributed by atoms with E-state index in [1.807, 2.05) is 26.0 Å². The predicted molar refractivity (Wildman–Crippen MR) is 61.6 cm³/mol. The number of carboxylic acid groups (broad SMARTS) is 1. The molecule has 0 saturated carbocycles. The van der Waals surface area contributed by atoms with Gasteiger partial charge < -0.3 is 15.6 Å². The standard InChI is InChI=1S/C12H17NO3/c1-8-4-3-5-10(9(8)2)16-11(6-7-13)12(14)15/h3-5,11H,6-7,13H2,1-2H3,(H,14,15). The molecule has 0 aliphatic heterocycles. The topological polar surface area (TPSA) is 72.5 Å². The lowest BCUT2D eigenvalue weighted by Crippen LogP contribution is -2.29. The fraction of sp³-hybridized carbons (Fsp3) is 0.417. The lowest BCUT2D eigenvalue weighted by molar-refractivity contribution is -0.145. The van der Waals surface area contributed by atoms with Crippen molar-refractivity contribution in [3.05, 3.63) is 29.3 Å². The first-order chi connectivity index (χ1) is 7.56. The molecule has 0 fully saturated rings. The zero-order valence-corrected chi connectivity index (χ0v) is 9.56. The largest absolute Gasteiger partial charge is 0.479 e. The molecule has 4 nitrogen and oxygen atoms in total. The van der Waals surface area contributed by atoms with Crippen LogP contribution < -0.4 is 10.5 Å². The first-order valence-electron chi connectivity index (χ1n) is 5.22. The normalized spacial score (nSPS) is 12.2. The maximum Gasteiger partial charge on any atom is 0.344 e. The summed E-state index contributed by atoms with van der Waals surface area (Å²) in [5, 5.41) is 8.95. The lowest BCUT2D eigenvalue weighted by atomic mass is 10.1. The molecule has 1 unspecified atom stereocenters. The third kappa shape index (κ3) is 2.97. The molecule has 1 aromatic rings. The summed E-state index contributed by atoms with van der Waals surface area (Å²) in [6.45, 7) is 4.16. The Kier molecular flexibility index (Phi) is 4.31. The van der Waals surface area contributed by atoms with E-state index in [4.69, 9.17) is 15.6 Å². The Morgan fingerprint density at radius 2 is 2.19 bits per heavy atom. The summed E-state index contributed by atoms with van der Waals surface area (Å²) in [7, 11) is 0. The van der Waals surface area contributed by atoms with Gasteiger partial charge in [-0.3, -0.25) is 0 Å². The monoisotopic (exact) mass is 223 g/mol. The molecule has 0 heterocycles. The van der Waals surface area contributed by atoms with E-state index < -0.39 is 12.1 Å². The van der Waals surface area contributed by atoms with Gasteiger partial charge in [-0.2, -0.15) is 0 Å². The molecule has 0 saturated heterocycles. The van der Waals surface area contributed by atoms with Gasteiger partial charge in [0.2, 0.25) is 0 Å². The fourth-order valence-corrected chi connectivity index (χ4v) is 1.39. The number of hydrogen-bond acceptors (Lipinski definition) is 3. The predicted octanol–water partition coefficient (Wildman–Crippen LogP) is 1.48. The summed E-state index contributed by atoms with van der Waals surface area (Å²) in [6, 6.07) is 5.58. The zero-order chi connectivity index (χ0) is 12.1. The van der Waals surface area contributed by atoms with Crippen molar-refractivity contribution in [1.29, 1.82) is 0 Å². The van der Waals surface area contributed by atoms with E-state index in [1.54, 1.807) is 6.07 Å². The van der Waals surface area contributed by atoms with Crippen LogP contribution in [0.2, 0.25) is 0 Å². The highest BCUT2D eigenvalue weighted by molar-refractivity contribution is 5.72. The molecule has 0 spiro atoms. The molecule has 4 heteroatoms. The summed E-state index contributed by atoms with van der Waals surface area (Å²) in [4.78, 5) is 10.9. The van der Waals surface area contributed by atoms with Gasteiger partial charge in [0, 0.05) is 6.42 Å². The minimum absolute atomic E-state index is 0.293. The van der Waals surface area contributed by atoms with Crippen molar-refractivity contribution in [2.24, 2.45) is 5.73 Å². The molecule has 0 bridgehead atoms. The third-order valence-electron chi connectivity index (χ3n) is 2.53. The molecule has 0 aliphatic rings. The number of rotatable bonds is 5. The van der Waals surface area contributed by atoms with Gasteiger partial charge in [-0.15, -0.1) is 0 Å². The quantitative estimate of drug-likeness (QED) is 0.793. The van der Waals surface area contributed by atoms with E-state index in [-0.39, 0.29) is 0 Å². The summed E-state index contributed by atoms with van der Waals surface area (Å²) in [5.41, 5.74) is 7.39. The van der Waals surface area contributed by atoms with Crippen molar-refractivity contribution in [2.45, 2.75) is 26.4 Å². The van der Waals surface area contributed by atoms with Crippen molar-refractivity contribution < 1.29 is 14.6 Å². The number of hydrogen-bond donors (Lipinski definition) is 2. The van der Waals surface area contributed by atoms with Crippen LogP contribution in [0.25, 0.3) is 0 Å². The second-order valence-corrected chi connectivity index (χ2v) is 3.72. The molecular weight excluding hydrogens is 206 g/mol. The van der Waals surface area contributed by atoms with Gasteiger partial charge in [-0.1, -0.05) is 12.1 Å². The Morgan fingerprint density at radius 3 is 2.75 bits per heavy atom. The third-order valence-corrected chi connectivity index (χ3v) is 2.53. The lowest BCUT2D eigenvalue weighted by Gasteiger charge is -2.16. The molecule has 1 rings (SSSR count). The molecule has 1 atom stereocenters. The molecule has 0 amide bonds. The molecular formula is C12H17NO3. The first kappa shape index (κ1) is 12.5. The number of nitrogens with two attached hydrogens (primary N) is 1. The Bertz CT molecular complexity index is 377. The van der Waals surface area contributed by atoms with E-state index in [2.05, 4.69) is 0 Å². The van der Waals surface area contributed by atoms with Gasteiger partial charge in [0.1, 0.15) is 5.75 Å². The second-order valence-electron chi connectivity index (χ2n) is 3.72. The van der Waals surface area contributed by atoms with Crippen LogP contribution in [-0.4, -0.2) is 23.7 Å². The van der Waals surface area contributed by atoms with Crippen LogP contribution in [0.1, 0.15) is 17.5 Å². The molecule has 16 heavy (non-hydrogen) atoms. The fourth-order valence-electron chi connectivity index (χ4n) is 1.39. The van der Waals surface area contributed by atoms with Crippen LogP contribution in [0.3, 0.4) is 0 Å². The van der Waals surface area contributed by atoms with E-state index in [9.17, 15) is 4.79 Å². The highest BCUT2D eigenvalue weighted by Crippen LogP contribution is 2.22. The number of aryl methyl sites for hydroxylation is 1. The van der Waals surface area contributed by atoms with E-state index in [0.29, 0.717) is 18.7 Å². The minimum Gasteiger partial charge on any atom is -0.479 e. The van der Waals surface area contributed by atoms with Crippen LogP contribution in [-0.2, 0) is 4.79 Å². The van der Waals surface area contributed by atoms with E-state index >= 15 is 0 Å². The molecule has 0 radical (unpaired) electrons. The molecule has 1 aromatic carbocycles. The zero-order valence-electron chi connectivity index (χ0n) is 9.56. The maximum atomic E-state index is 10.9. The van der Waals surface area contributed by atoms with Gasteiger partial charge in [0.05, 0.1) is 0 Å². The first-order valence-corrected chi connectivity index (χ1v) is 5.22. The van der Waals surface area contributed by atoms with Crippen LogP contribution in [0, 0.1) is 13.8 Å². The van der Waals surface area contributed by atoms with Crippen LogP contribution >= 0.6 is 0 Å². The highest BCUT2D eigenvalue weighted by atomic mass is 16.5. The maximum absolute atomic E-state index is 10.9. The number of benzene rings is 1. The van der Waals surface area contributed by atoms with Crippen molar-refractivity contribution in [2.75, 3.05) is 6.54 Å². The van der Waals surface area contributed by atoms with Crippen molar-refractivity contribution in [3.63, 3.8) is 0 Å². The Labute approximate surface area is 95.0 Å². The summed E-state index contributed by atoms with van der Waals surface area (Å²) >= 11 is 0. The summed E-state index contributed by atoms with van der Waals surface area (Å²) < 4.78 is 5.45. The van der Waals surface area contributed by atoms with Gasteiger partial charge in [-0.25, -0.2) is 4.79 Å². The van der Waals surface area contributed by atoms with Gasteiger partial charge in [0.25, 0.3) is 0 Å². The SMILES string of the molecule is Cc1cccc(OC(CCN)C(=O)O)c1C. The van der Waals surface area contributed by atoms with Crippen molar-refractivity contribution >= 4 is 5.97 Å². The Balaban J connectivity index is 2.85. The molecule has 0 aliphatic carbocycles. The average molecular weight is 223 g/mol. The van der Waals surface area contributed by atoms with Gasteiger partial charge in [0.15, 0.2) is 6.10 Å². The molecule has 88 valence electrons. The minimum atomic E-state index is -0.980. The Morgan fingerprint density at radius 1 is 1.50 bits per heavy atom. The number of carbonyl (C=O) groups is 1. The average Bonchev–Trinajstić information content (AvgIpc) is 2.23.